The smallest absolute Gasteiger partial charge is 0.292 e. The number of methoxy groups -OCH3 is 2. The van der Waals surface area contributed by atoms with Gasteiger partial charge in [0.25, 0.3) is 5.69 Å². The summed E-state index contributed by atoms with van der Waals surface area (Å²) in [5.41, 5.74) is 0.813. The largest absolute Gasteiger partial charge is 0.493 e. The molecule has 25 heavy (non-hydrogen) atoms. The third-order valence-electron chi connectivity index (χ3n) is 3.51. The van der Waals surface area contributed by atoms with Crippen molar-refractivity contribution in [1.29, 1.82) is 0 Å². The van der Waals surface area contributed by atoms with E-state index in [-0.39, 0.29) is 23.7 Å². The van der Waals surface area contributed by atoms with Gasteiger partial charge in [0.1, 0.15) is 5.69 Å². The van der Waals surface area contributed by atoms with Gasteiger partial charge in [0.15, 0.2) is 11.5 Å². The number of halogens is 1. The first-order valence-corrected chi connectivity index (χ1v) is 7.77. The topological polar surface area (TPSA) is 90.7 Å². The van der Waals surface area contributed by atoms with Gasteiger partial charge in [0.2, 0.25) is 5.91 Å². The van der Waals surface area contributed by atoms with Crippen LogP contribution in [0.4, 0.5) is 11.4 Å². The second kappa shape index (κ2) is 8.34. The molecule has 2 rings (SSSR count). The fraction of sp³-hybridized carbons (Fsp3) is 0.235. The molecular formula is C17H17ClN2O5. The average molecular weight is 365 g/mol. The Balaban J connectivity index is 2.06. The van der Waals surface area contributed by atoms with Crippen molar-refractivity contribution in [2.45, 2.75) is 12.8 Å². The number of benzene rings is 2. The standard InChI is InChI=1S/C17H17ClN2O5/c1-24-15-10-11(9-12(18)17(15)25-2)7-8-16(21)19-13-5-3-4-6-14(13)20(22)23/h3-6,9-10H,7-8H2,1-2H3,(H,19,21). The summed E-state index contributed by atoms with van der Waals surface area (Å²) in [5.74, 6) is 0.571. The van der Waals surface area contributed by atoms with Crippen molar-refractivity contribution < 1.29 is 19.2 Å². The van der Waals surface area contributed by atoms with E-state index in [1.165, 1.54) is 26.4 Å². The van der Waals surface area contributed by atoms with Crippen LogP contribution in [-0.2, 0) is 11.2 Å². The Kier molecular flexibility index (Phi) is 6.19. The first-order chi connectivity index (χ1) is 12.0. The molecule has 2 aromatic carbocycles. The Bertz CT molecular complexity index is 795. The fourth-order valence-electron chi connectivity index (χ4n) is 2.32. The maximum Gasteiger partial charge on any atom is 0.292 e. The van der Waals surface area contributed by atoms with Crippen LogP contribution in [-0.4, -0.2) is 25.1 Å². The highest BCUT2D eigenvalue weighted by molar-refractivity contribution is 6.32. The number of hydrogen-bond acceptors (Lipinski definition) is 5. The van der Waals surface area contributed by atoms with Gasteiger partial charge in [-0.2, -0.15) is 0 Å². The number of rotatable bonds is 7. The predicted molar refractivity (Wildman–Crippen MR) is 94.6 cm³/mol. The van der Waals surface area contributed by atoms with Crippen LogP contribution in [0.3, 0.4) is 0 Å². The lowest BCUT2D eigenvalue weighted by atomic mass is 10.1. The minimum atomic E-state index is -0.538. The molecular weight excluding hydrogens is 348 g/mol. The average Bonchev–Trinajstić information content (AvgIpc) is 2.59. The van der Waals surface area contributed by atoms with Gasteiger partial charge in [0.05, 0.1) is 24.2 Å². The number of nitrogens with one attached hydrogen (secondary N) is 1. The van der Waals surface area contributed by atoms with Crippen LogP contribution in [0.5, 0.6) is 11.5 Å². The Morgan fingerprint density at radius 2 is 1.96 bits per heavy atom. The minimum absolute atomic E-state index is 0.137. The van der Waals surface area contributed by atoms with Crippen molar-refractivity contribution in [2.24, 2.45) is 0 Å². The first kappa shape index (κ1) is 18.5. The maximum atomic E-state index is 12.1. The normalized spacial score (nSPS) is 10.2. The first-order valence-electron chi connectivity index (χ1n) is 7.40. The lowest BCUT2D eigenvalue weighted by Crippen LogP contribution is -2.13. The molecule has 0 saturated carbocycles. The van der Waals surface area contributed by atoms with Crippen molar-refractivity contribution in [3.8, 4) is 11.5 Å². The molecule has 8 heteroatoms. The highest BCUT2D eigenvalue weighted by Gasteiger charge is 2.15. The summed E-state index contributed by atoms with van der Waals surface area (Å²) in [6.45, 7) is 0. The van der Waals surface area contributed by atoms with E-state index in [2.05, 4.69) is 5.32 Å². The molecule has 0 aromatic heterocycles. The van der Waals surface area contributed by atoms with E-state index < -0.39 is 4.92 Å². The van der Waals surface area contributed by atoms with Gasteiger partial charge in [0, 0.05) is 12.5 Å². The van der Waals surface area contributed by atoms with Crippen molar-refractivity contribution >= 4 is 28.9 Å². The second-order valence-electron chi connectivity index (χ2n) is 5.14. The molecule has 0 spiro atoms. The fourth-order valence-corrected chi connectivity index (χ4v) is 2.64. The second-order valence-corrected chi connectivity index (χ2v) is 5.54. The molecule has 7 nitrogen and oxygen atoms in total. The quantitative estimate of drug-likeness (QED) is 0.595. The number of carbonyl (C=O) groups is 1. The van der Waals surface area contributed by atoms with Crippen LogP contribution in [0.25, 0.3) is 0 Å². The van der Waals surface area contributed by atoms with E-state index in [9.17, 15) is 14.9 Å². The Labute approximate surface area is 149 Å². The number of hydrogen-bond donors (Lipinski definition) is 1. The molecule has 2 aromatic rings. The number of ether oxygens (including phenoxy) is 2. The zero-order chi connectivity index (χ0) is 18.4. The van der Waals surface area contributed by atoms with E-state index in [0.717, 1.165) is 5.56 Å². The van der Waals surface area contributed by atoms with E-state index >= 15 is 0 Å². The maximum absolute atomic E-state index is 12.1. The Hall–Kier alpha value is -2.80. The van der Waals surface area contributed by atoms with Crippen molar-refractivity contribution in [2.75, 3.05) is 19.5 Å². The third-order valence-corrected chi connectivity index (χ3v) is 3.79. The molecule has 0 heterocycles. The van der Waals surface area contributed by atoms with E-state index in [1.807, 2.05) is 0 Å². The highest BCUT2D eigenvalue weighted by Crippen LogP contribution is 2.36. The number of aryl methyl sites for hydroxylation is 1. The monoisotopic (exact) mass is 364 g/mol. The molecule has 0 unspecified atom stereocenters. The zero-order valence-corrected chi connectivity index (χ0v) is 14.5. The summed E-state index contributed by atoms with van der Waals surface area (Å²) in [7, 11) is 2.99. The predicted octanol–water partition coefficient (Wildman–Crippen LogP) is 3.84. The van der Waals surface area contributed by atoms with Crippen LogP contribution < -0.4 is 14.8 Å². The summed E-state index contributed by atoms with van der Waals surface area (Å²) < 4.78 is 10.4. The number of carbonyl (C=O) groups excluding carboxylic acids is 1. The lowest BCUT2D eigenvalue weighted by Gasteiger charge is -2.12. The number of anilines is 1. The summed E-state index contributed by atoms with van der Waals surface area (Å²) in [5, 5.41) is 13.9. The van der Waals surface area contributed by atoms with E-state index in [0.29, 0.717) is 22.9 Å². The van der Waals surface area contributed by atoms with Crippen LogP contribution in [0.1, 0.15) is 12.0 Å². The van der Waals surface area contributed by atoms with Gasteiger partial charge < -0.3 is 14.8 Å². The number of nitrogens with zero attached hydrogens (tertiary/aromatic N) is 1. The summed E-state index contributed by atoms with van der Waals surface area (Å²) in [4.78, 5) is 22.5. The van der Waals surface area contributed by atoms with Crippen molar-refractivity contribution in [3.05, 3.63) is 57.1 Å². The number of para-hydroxylation sites is 2. The van der Waals surface area contributed by atoms with Gasteiger partial charge in [-0.1, -0.05) is 23.7 Å². The molecule has 0 radical (unpaired) electrons. The molecule has 1 N–H and O–H groups in total. The highest BCUT2D eigenvalue weighted by atomic mass is 35.5. The Morgan fingerprint density at radius 3 is 2.60 bits per heavy atom. The molecule has 0 bridgehead atoms. The van der Waals surface area contributed by atoms with Gasteiger partial charge in [-0.25, -0.2) is 0 Å². The summed E-state index contributed by atoms with van der Waals surface area (Å²) >= 11 is 6.13. The summed E-state index contributed by atoms with van der Waals surface area (Å²) in [6, 6.07) is 9.42. The van der Waals surface area contributed by atoms with E-state index in [1.54, 1.807) is 24.3 Å². The molecule has 0 atom stereocenters. The molecule has 0 aliphatic rings. The number of nitro benzene ring substituents is 1. The third kappa shape index (κ3) is 4.60. The van der Waals surface area contributed by atoms with Gasteiger partial charge in [-0.3, -0.25) is 14.9 Å². The minimum Gasteiger partial charge on any atom is -0.493 e. The van der Waals surface area contributed by atoms with Crippen molar-refractivity contribution in [3.63, 3.8) is 0 Å². The zero-order valence-electron chi connectivity index (χ0n) is 13.7. The van der Waals surface area contributed by atoms with Crippen LogP contribution >= 0.6 is 11.6 Å². The van der Waals surface area contributed by atoms with E-state index in [4.69, 9.17) is 21.1 Å². The molecule has 0 fully saturated rings. The SMILES string of the molecule is COc1cc(CCC(=O)Nc2ccccc2[N+](=O)[O-])cc(Cl)c1OC. The van der Waals surface area contributed by atoms with Gasteiger partial charge in [-0.15, -0.1) is 0 Å². The van der Waals surface area contributed by atoms with Gasteiger partial charge >= 0.3 is 0 Å². The van der Waals surface area contributed by atoms with Crippen LogP contribution in [0.15, 0.2) is 36.4 Å². The summed E-state index contributed by atoms with van der Waals surface area (Å²) in [6.07, 6.45) is 0.532. The van der Waals surface area contributed by atoms with Crippen molar-refractivity contribution in [1.82, 2.24) is 0 Å². The molecule has 1 amide bonds. The molecule has 0 aliphatic carbocycles. The van der Waals surface area contributed by atoms with Crippen LogP contribution in [0, 0.1) is 10.1 Å². The molecule has 0 saturated heterocycles. The number of nitro groups is 1. The van der Waals surface area contributed by atoms with Crippen LogP contribution in [0.2, 0.25) is 5.02 Å². The number of amides is 1. The molecule has 0 aliphatic heterocycles. The molecule has 132 valence electrons. The van der Waals surface area contributed by atoms with Gasteiger partial charge in [-0.05, 0) is 30.2 Å². The Morgan fingerprint density at radius 1 is 1.24 bits per heavy atom. The lowest BCUT2D eigenvalue weighted by molar-refractivity contribution is -0.383.